The van der Waals surface area contributed by atoms with Gasteiger partial charge in [0.15, 0.2) is 0 Å². The summed E-state index contributed by atoms with van der Waals surface area (Å²) in [7, 11) is -3.53. The van der Waals surface area contributed by atoms with E-state index in [1.165, 1.54) is 28.6 Å². The van der Waals surface area contributed by atoms with Crippen LogP contribution in [0.4, 0.5) is 14.5 Å². The number of anilines is 1. The van der Waals surface area contributed by atoms with Crippen LogP contribution >= 0.6 is 0 Å². The summed E-state index contributed by atoms with van der Waals surface area (Å²) >= 11 is 0. The van der Waals surface area contributed by atoms with E-state index in [1.54, 1.807) is 12.1 Å². The summed E-state index contributed by atoms with van der Waals surface area (Å²) in [4.78, 5) is 12.0. The fourth-order valence-electron chi connectivity index (χ4n) is 3.06. The number of sulfonamides is 1. The number of benzene rings is 2. The molecule has 1 N–H and O–H groups in total. The maximum Gasteiger partial charge on any atom is 0.387 e. The molecule has 2 aromatic rings. The highest BCUT2D eigenvalue weighted by Gasteiger charge is 2.28. The standard InChI is InChI=1S/C19H20F2N2O4S/c20-19(21)27-16-7-5-14(6-8-16)13-18(24)22-10-12-28(25,26)23-11-9-15-3-1-2-4-17(15)23/h1-8,19H,9-13H2,(H,22,24). The van der Waals surface area contributed by atoms with Gasteiger partial charge in [0.25, 0.3) is 0 Å². The predicted molar refractivity (Wildman–Crippen MR) is 101 cm³/mol. The van der Waals surface area contributed by atoms with Crippen molar-refractivity contribution in [2.24, 2.45) is 0 Å². The van der Waals surface area contributed by atoms with Gasteiger partial charge >= 0.3 is 6.61 Å². The molecule has 9 heteroatoms. The molecule has 1 amide bonds. The third-order valence-corrected chi connectivity index (χ3v) is 6.15. The molecular weight excluding hydrogens is 390 g/mol. The maximum absolute atomic E-state index is 12.6. The van der Waals surface area contributed by atoms with Crippen molar-refractivity contribution >= 4 is 21.6 Å². The zero-order chi connectivity index (χ0) is 20.1. The molecule has 0 saturated heterocycles. The van der Waals surface area contributed by atoms with Gasteiger partial charge in [0.1, 0.15) is 5.75 Å². The first-order valence-corrected chi connectivity index (χ1v) is 10.3. The normalized spacial score (nSPS) is 13.5. The van der Waals surface area contributed by atoms with Crippen LogP contribution in [0.1, 0.15) is 11.1 Å². The third-order valence-electron chi connectivity index (χ3n) is 4.38. The summed E-state index contributed by atoms with van der Waals surface area (Å²) in [6.07, 6.45) is 0.689. The first-order chi connectivity index (χ1) is 13.3. The Morgan fingerprint density at radius 2 is 1.86 bits per heavy atom. The van der Waals surface area contributed by atoms with E-state index < -0.39 is 16.6 Å². The molecule has 3 rings (SSSR count). The monoisotopic (exact) mass is 410 g/mol. The maximum atomic E-state index is 12.6. The third kappa shape index (κ3) is 4.98. The summed E-state index contributed by atoms with van der Waals surface area (Å²) in [5.74, 6) is -0.537. The van der Waals surface area contributed by atoms with Crippen molar-refractivity contribution in [1.82, 2.24) is 5.32 Å². The number of ether oxygens (including phenoxy) is 1. The van der Waals surface area contributed by atoms with E-state index in [9.17, 15) is 22.0 Å². The molecule has 0 fully saturated rings. The number of para-hydroxylation sites is 1. The SMILES string of the molecule is O=C(Cc1ccc(OC(F)F)cc1)NCCS(=O)(=O)N1CCc2ccccc21. The molecule has 150 valence electrons. The smallest absolute Gasteiger partial charge is 0.387 e. The van der Waals surface area contributed by atoms with Gasteiger partial charge in [-0.2, -0.15) is 8.78 Å². The van der Waals surface area contributed by atoms with E-state index in [0.717, 1.165) is 5.56 Å². The minimum Gasteiger partial charge on any atom is -0.435 e. The van der Waals surface area contributed by atoms with Crippen LogP contribution in [-0.2, 0) is 27.7 Å². The molecule has 1 heterocycles. The van der Waals surface area contributed by atoms with Crippen LogP contribution in [0.5, 0.6) is 5.75 Å². The number of carbonyl (C=O) groups is 1. The molecule has 0 atom stereocenters. The fraction of sp³-hybridized carbons (Fsp3) is 0.316. The number of rotatable bonds is 8. The van der Waals surface area contributed by atoms with Crippen molar-refractivity contribution in [2.45, 2.75) is 19.5 Å². The number of amides is 1. The van der Waals surface area contributed by atoms with Crippen LogP contribution in [-0.4, -0.2) is 39.8 Å². The molecular formula is C19H20F2N2O4S. The Labute approximate surface area is 162 Å². The lowest BCUT2D eigenvalue weighted by atomic mass is 10.1. The highest BCUT2D eigenvalue weighted by molar-refractivity contribution is 7.92. The van der Waals surface area contributed by atoms with Crippen molar-refractivity contribution in [3.8, 4) is 5.75 Å². The van der Waals surface area contributed by atoms with Crippen LogP contribution in [0.15, 0.2) is 48.5 Å². The van der Waals surface area contributed by atoms with Gasteiger partial charge in [0.05, 0.1) is 17.9 Å². The Balaban J connectivity index is 1.49. The van der Waals surface area contributed by atoms with E-state index in [4.69, 9.17) is 0 Å². The lowest BCUT2D eigenvalue weighted by molar-refractivity contribution is -0.120. The number of nitrogens with one attached hydrogen (secondary N) is 1. The molecule has 0 radical (unpaired) electrons. The molecule has 6 nitrogen and oxygen atoms in total. The minimum absolute atomic E-state index is 0.00753. The van der Waals surface area contributed by atoms with E-state index in [-0.39, 0.29) is 30.4 Å². The number of hydrogen-bond donors (Lipinski definition) is 1. The lowest BCUT2D eigenvalue weighted by Crippen LogP contribution is -2.37. The zero-order valence-electron chi connectivity index (χ0n) is 15.0. The molecule has 28 heavy (non-hydrogen) atoms. The number of fused-ring (bicyclic) bond motifs is 1. The molecule has 0 aliphatic carbocycles. The lowest BCUT2D eigenvalue weighted by Gasteiger charge is -2.19. The van der Waals surface area contributed by atoms with Crippen molar-refractivity contribution in [3.63, 3.8) is 0 Å². The molecule has 1 aliphatic heterocycles. The van der Waals surface area contributed by atoms with Crippen molar-refractivity contribution in [2.75, 3.05) is 23.1 Å². The molecule has 2 aromatic carbocycles. The molecule has 0 saturated carbocycles. The van der Waals surface area contributed by atoms with Gasteiger partial charge in [-0.1, -0.05) is 30.3 Å². The number of alkyl halides is 2. The van der Waals surface area contributed by atoms with Crippen LogP contribution < -0.4 is 14.4 Å². The second kappa shape index (κ2) is 8.55. The Hall–Kier alpha value is -2.68. The number of halogens is 2. The molecule has 0 spiro atoms. The average molecular weight is 410 g/mol. The second-order valence-corrected chi connectivity index (χ2v) is 8.33. The van der Waals surface area contributed by atoms with Gasteiger partial charge in [-0.25, -0.2) is 8.42 Å². The quantitative estimate of drug-likeness (QED) is 0.725. The van der Waals surface area contributed by atoms with Crippen LogP contribution in [0.3, 0.4) is 0 Å². The first kappa shape index (κ1) is 20.1. The highest BCUT2D eigenvalue weighted by Crippen LogP contribution is 2.29. The Morgan fingerprint density at radius 3 is 2.57 bits per heavy atom. The van der Waals surface area contributed by atoms with Crippen molar-refractivity contribution < 1.29 is 26.7 Å². The van der Waals surface area contributed by atoms with Crippen molar-refractivity contribution in [3.05, 3.63) is 59.7 Å². The van der Waals surface area contributed by atoms with Gasteiger partial charge in [-0.3, -0.25) is 9.10 Å². The molecule has 0 aromatic heterocycles. The van der Waals surface area contributed by atoms with Crippen LogP contribution in [0, 0.1) is 0 Å². The first-order valence-electron chi connectivity index (χ1n) is 8.74. The number of nitrogens with zero attached hydrogens (tertiary/aromatic N) is 1. The minimum atomic E-state index is -3.53. The fourth-order valence-corrected chi connectivity index (χ4v) is 4.49. The van der Waals surface area contributed by atoms with Crippen LogP contribution in [0.2, 0.25) is 0 Å². The largest absolute Gasteiger partial charge is 0.435 e. The van der Waals surface area contributed by atoms with Gasteiger partial charge in [-0.15, -0.1) is 0 Å². The average Bonchev–Trinajstić information content (AvgIpc) is 3.08. The summed E-state index contributed by atoms with van der Waals surface area (Å²) in [5, 5.41) is 2.59. The van der Waals surface area contributed by atoms with E-state index in [1.807, 2.05) is 12.1 Å². The van der Waals surface area contributed by atoms with Crippen LogP contribution in [0.25, 0.3) is 0 Å². The number of hydrogen-bond acceptors (Lipinski definition) is 4. The Morgan fingerprint density at radius 1 is 1.14 bits per heavy atom. The summed E-state index contributed by atoms with van der Waals surface area (Å²) in [5.41, 5.74) is 2.30. The highest BCUT2D eigenvalue weighted by atomic mass is 32.2. The summed E-state index contributed by atoms with van der Waals surface area (Å²) in [6, 6.07) is 13.1. The Kier molecular flexibility index (Phi) is 6.13. The molecule has 0 bridgehead atoms. The summed E-state index contributed by atoms with van der Waals surface area (Å²) < 4.78 is 55.0. The van der Waals surface area contributed by atoms with Crippen molar-refractivity contribution in [1.29, 1.82) is 0 Å². The second-order valence-electron chi connectivity index (χ2n) is 6.32. The van der Waals surface area contributed by atoms with E-state index in [2.05, 4.69) is 10.1 Å². The van der Waals surface area contributed by atoms with E-state index in [0.29, 0.717) is 24.2 Å². The number of carbonyl (C=O) groups excluding carboxylic acids is 1. The predicted octanol–water partition coefficient (Wildman–Crippen LogP) is 2.34. The molecule has 1 aliphatic rings. The van der Waals surface area contributed by atoms with Gasteiger partial charge in [-0.05, 0) is 35.7 Å². The zero-order valence-corrected chi connectivity index (χ0v) is 15.8. The van der Waals surface area contributed by atoms with Gasteiger partial charge < -0.3 is 10.1 Å². The summed E-state index contributed by atoms with van der Waals surface area (Å²) in [6.45, 7) is -2.51. The van der Waals surface area contributed by atoms with Gasteiger partial charge in [0.2, 0.25) is 15.9 Å². The van der Waals surface area contributed by atoms with Gasteiger partial charge in [0, 0.05) is 13.1 Å². The van der Waals surface area contributed by atoms with E-state index >= 15 is 0 Å². The topological polar surface area (TPSA) is 75.7 Å². The Bertz CT molecular complexity index is 933. The molecule has 0 unspecified atom stereocenters.